The minimum absolute atomic E-state index is 0.254. The van der Waals surface area contributed by atoms with Gasteiger partial charge in [0.2, 0.25) is 0 Å². The molecule has 0 aromatic heterocycles. The van der Waals surface area contributed by atoms with Crippen LogP contribution < -0.4 is 11.1 Å². The van der Waals surface area contributed by atoms with Gasteiger partial charge in [0.25, 0.3) is 0 Å². The van der Waals surface area contributed by atoms with E-state index in [0.29, 0.717) is 12.1 Å². The van der Waals surface area contributed by atoms with E-state index in [2.05, 4.69) is 11.2 Å². The number of hydrogen-bond acceptors (Lipinski definition) is 2. The van der Waals surface area contributed by atoms with E-state index in [1.165, 1.54) is 6.07 Å². The Labute approximate surface area is 87.5 Å². The first-order chi connectivity index (χ1) is 7.19. The van der Waals surface area contributed by atoms with Gasteiger partial charge in [0.05, 0.1) is 6.54 Å². The van der Waals surface area contributed by atoms with Crippen molar-refractivity contribution in [2.24, 2.45) is 5.73 Å². The molecule has 2 nitrogen and oxygen atoms in total. The molecule has 0 saturated heterocycles. The van der Waals surface area contributed by atoms with Crippen LogP contribution in [-0.2, 0) is 0 Å². The first-order valence-electron chi connectivity index (χ1n) is 4.51. The van der Waals surface area contributed by atoms with Crippen molar-refractivity contribution in [1.82, 2.24) is 5.32 Å². The summed E-state index contributed by atoms with van der Waals surface area (Å²) in [5.41, 5.74) is 6.08. The third kappa shape index (κ3) is 3.01. The van der Waals surface area contributed by atoms with E-state index in [1.807, 2.05) is 0 Å². The SMILES string of the molecule is C#CCNC(CN)c1ccc(F)c(F)c1. The number of hydrogen-bond donors (Lipinski definition) is 2. The molecule has 0 heterocycles. The highest BCUT2D eigenvalue weighted by molar-refractivity contribution is 5.21. The lowest BCUT2D eigenvalue weighted by atomic mass is 10.1. The normalized spacial score (nSPS) is 12.1. The molecule has 1 rings (SSSR count). The van der Waals surface area contributed by atoms with Crippen LogP contribution in [0.15, 0.2) is 18.2 Å². The highest BCUT2D eigenvalue weighted by Gasteiger charge is 2.10. The second-order valence-corrected chi connectivity index (χ2v) is 3.05. The van der Waals surface area contributed by atoms with Crippen LogP contribution in [0.5, 0.6) is 0 Å². The molecule has 0 aliphatic heterocycles. The van der Waals surface area contributed by atoms with E-state index in [-0.39, 0.29) is 12.6 Å². The fourth-order valence-corrected chi connectivity index (χ4v) is 1.25. The van der Waals surface area contributed by atoms with Gasteiger partial charge in [0, 0.05) is 12.6 Å². The molecular formula is C11H12F2N2. The Kier molecular flexibility index (Phi) is 4.22. The van der Waals surface area contributed by atoms with Crippen molar-refractivity contribution in [3.05, 3.63) is 35.4 Å². The monoisotopic (exact) mass is 210 g/mol. The summed E-state index contributed by atoms with van der Waals surface area (Å²) in [6.07, 6.45) is 5.08. The number of nitrogens with two attached hydrogens (primary N) is 1. The largest absolute Gasteiger partial charge is 0.329 e. The number of nitrogens with one attached hydrogen (secondary N) is 1. The van der Waals surface area contributed by atoms with Crippen molar-refractivity contribution in [2.45, 2.75) is 6.04 Å². The van der Waals surface area contributed by atoms with Crippen LogP contribution in [0.4, 0.5) is 8.78 Å². The van der Waals surface area contributed by atoms with Gasteiger partial charge in [0.1, 0.15) is 0 Å². The van der Waals surface area contributed by atoms with Crippen LogP contribution in [0.2, 0.25) is 0 Å². The zero-order valence-corrected chi connectivity index (χ0v) is 8.13. The average molecular weight is 210 g/mol. The van der Waals surface area contributed by atoms with E-state index in [1.54, 1.807) is 0 Å². The first-order valence-corrected chi connectivity index (χ1v) is 4.51. The predicted molar refractivity (Wildman–Crippen MR) is 55.0 cm³/mol. The van der Waals surface area contributed by atoms with Gasteiger partial charge in [-0.3, -0.25) is 5.32 Å². The van der Waals surface area contributed by atoms with Crippen molar-refractivity contribution in [2.75, 3.05) is 13.1 Å². The number of benzene rings is 1. The molecule has 1 aromatic carbocycles. The Balaban J connectivity index is 2.83. The Morgan fingerprint density at radius 2 is 2.13 bits per heavy atom. The highest BCUT2D eigenvalue weighted by atomic mass is 19.2. The van der Waals surface area contributed by atoms with Crippen molar-refractivity contribution in [1.29, 1.82) is 0 Å². The Hall–Kier alpha value is -1.44. The van der Waals surface area contributed by atoms with Crippen LogP contribution in [0.3, 0.4) is 0 Å². The summed E-state index contributed by atoms with van der Waals surface area (Å²) < 4.78 is 25.6. The lowest BCUT2D eigenvalue weighted by molar-refractivity contribution is 0.500. The fourth-order valence-electron chi connectivity index (χ4n) is 1.25. The molecule has 0 fully saturated rings. The molecule has 0 saturated carbocycles. The van der Waals surface area contributed by atoms with Gasteiger partial charge < -0.3 is 5.73 Å². The minimum Gasteiger partial charge on any atom is -0.329 e. The molecule has 4 heteroatoms. The summed E-state index contributed by atoms with van der Waals surface area (Å²) in [6, 6.07) is 3.43. The topological polar surface area (TPSA) is 38.0 Å². The van der Waals surface area contributed by atoms with Gasteiger partial charge in [-0.15, -0.1) is 6.42 Å². The molecule has 0 aliphatic rings. The van der Waals surface area contributed by atoms with Gasteiger partial charge >= 0.3 is 0 Å². The van der Waals surface area contributed by atoms with Crippen molar-refractivity contribution in [3.63, 3.8) is 0 Å². The Morgan fingerprint density at radius 3 is 2.67 bits per heavy atom. The molecule has 1 atom stereocenters. The smallest absolute Gasteiger partial charge is 0.159 e. The van der Waals surface area contributed by atoms with Crippen LogP contribution in [0.1, 0.15) is 11.6 Å². The van der Waals surface area contributed by atoms with E-state index < -0.39 is 11.6 Å². The molecular weight excluding hydrogens is 198 g/mol. The Morgan fingerprint density at radius 1 is 1.40 bits per heavy atom. The summed E-state index contributed by atoms with van der Waals surface area (Å²) in [4.78, 5) is 0. The molecule has 0 spiro atoms. The highest BCUT2D eigenvalue weighted by Crippen LogP contribution is 2.15. The zero-order chi connectivity index (χ0) is 11.3. The molecule has 0 bridgehead atoms. The number of terminal acetylenes is 1. The van der Waals surface area contributed by atoms with Gasteiger partial charge in [-0.05, 0) is 17.7 Å². The lowest BCUT2D eigenvalue weighted by Gasteiger charge is -2.15. The first kappa shape index (κ1) is 11.6. The quantitative estimate of drug-likeness (QED) is 0.732. The maximum absolute atomic E-state index is 12.9. The zero-order valence-electron chi connectivity index (χ0n) is 8.13. The van der Waals surface area contributed by atoms with E-state index >= 15 is 0 Å². The van der Waals surface area contributed by atoms with Crippen LogP contribution in [-0.4, -0.2) is 13.1 Å². The molecule has 3 N–H and O–H groups in total. The summed E-state index contributed by atoms with van der Waals surface area (Å²) >= 11 is 0. The molecule has 0 radical (unpaired) electrons. The standard InChI is InChI=1S/C11H12F2N2/c1-2-5-15-11(7-14)8-3-4-9(12)10(13)6-8/h1,3-4,6,11,15H,5,7,14H2. The van der Waals surface area contributed by atoms with Gasteiger partial charge in [-0.2, -0.15) is 0 Å². The number of rotatable bonds is 4. The number of halogens is 2. The van der Waals surface area contributed by atoms with Crippen molar-refractivity contribution < 1.29 is 8.78 Å². The summed E-state index contributed by atoms with van der Waals surface area (Å²) in [5.74, 6) is 0.644. The van der Waals surface area contributed by atoms with E-state index in [9.17, 15) is 8.78 Å². The minimum atomic E-state index is -0.881. The third-order valence-corrected chi connectivity index (χ3v) is 2.03. The van der Waals surface area contributed by atoms with Crippen LogP contribution >= 0.6 is 0 Å². The van der Waals surface area contributed by atoms with E-state index in [4.69, 9.17) is 12.2 Å². The van der Waals surface area contributed by atoms with Gasteiger partial charge in [-0.1, -0.05) is 12.0 Å². The molecule has 0 aliphatic carbocycles. The van der Waals surface area contributed by atoms with E-state index in [0.717, 1.165) is 12.1 Å². The van der Waals surface area contributed by atoms with Crippen LogP contribution in [0, 0.1) is 24.0 Å². The van der Waals surface area contributed by atoms with Crippen molar-refractivity contribution in [3.8, 4) is 12.3 Å². The second kappa shape index (κ2) is 5.44. The Bertz CT molecular complexity index is 371. The predicted octanol–water partition coefficient (Wildman–Crippen LogP) is 1.19. The summed E-state index contributed by atoms with van der Waals surface area (Å²) in [7, 11) is 0. The third-order valence-electron chi connectivity index (χ3n) is 2.03. The van der Waals surface area contributed by atoms with Crippen molar-refractivity contribution >= 4 is 0 Å². The molecule has 15 heavy (non-hydrogen) atoms. The maximum Gasteiger partial charge on any atom is 0.159 e. The molecule has 80 valence electrons. The lowest BCUT2D eigenvalue weighted by Crippen LogP contribution is -2.28. The summed E-state index contributed by atoms with van der Waals surface area (Å²) in [5, 5.41) is 2.93. The molecule has 0 amide bonds. The van der Waals surface area contributed by atoms with Gasteiger partial charge in [-0.25, -0.2) is 8.78 Å². The van der Waals surface area contributed by atoms with Crippen LogP contribution in [0.25, 0.3) is 0 Å². The molecule has 1 aromatic rings. The second-order valence-electron chi connectivity index (χ2n) is 3.05. The maximum atomic E-state index is 12.9. The fraction of sp³-hybridized carbons (Fsp3) is 0.273. The average Bonchev–Trinajstić information content (AvgIpc) is 2.24. The summed E-state index contributed by atoms with van der Waals surface area (Å²) in [6.45, 7) is 0.605. The van der Waals surface area contributed by atoms with Gasteiger partial charge in [0.15, 0.2) is 11.6 Å². The molecule has 1 unspecified atom stereocenters.